The van der Waals surface area contributed by atoms with Crippen molar-refractivity contribution in [1.29, 1.82) is 0 Å². The molecule has 2 aromatic rings. The Morgan fingerprint density at radius 1 is 1.09 bits per heavy atom. The van der Waals surface area contributed by atoms with Crippen molar-refractivity contribution >= 4 is 50.7 Å². The van der Waals surface area contributed by atoms with Gasteiger partial charge in [-0.1, -0.05) is 42.3 Å². The number of nitrogens with zero attached hydrogens (tertiary/aromatic N) is 2. The Morgan fingerprint density at radius 3 is 2.23 bits per heavy atom. The van der Waals surface area contributed by atoms with Gasteiger partial charge in [0.2, 0.25) is 21.8 Å². The molecule has 11 heteroatoms. The van der Waals surface area contributed by atoms with E-state index >= 15 is 0 Å². The second-order valence-electron chi connectivity index (χ2n) is 8.23. The number of methoxy groups -OCH3 is 1. The van der Waals surface area contributed by atoms with E-state index in [2.05, 4.69) is 5.32 Å². The summed E-state index contributed by atoms with van der Waals surface area (Å²) in [4.78, 5) is 27.8. The first kappa shape index (κ1) is 28.7. The summed E-state index contributed by atoms with van der Waals surface area (Å²) in [6, 6.07) is 10.4. The molecule has 35 heavy (non-hydrogen) atoms. The first-order valence-electron chi connectivity index (χ1n) is 11.0. The number of carbonyl (C=O) groups excluding carboxylic acids is 2. The molecular formula is C24H31Cl2N3O5S. The van der Waals surface area contributed by atoms with E-state index in [0.29, 0.717) is 10.8 Å². The molecule has 0 bridgehead atoms. The molecule has 1 N–H and O–H groups in total. The highest BCUT2D eigenvalue weighted by Crippen LogP contribution is 2.30. The van der Waals surface area contributed by atoms with Crippen molar-refractivity contribution in [2.24, 2.45) is 0 Å². The van der Waals surface area contributed by atoms with Gasteiger partial charge in [-0.2, -0.15) is 0 Å². The fraction of sp³-hybridized carbons (Fsp3) is 0.417. The third-order valence-corrected chi connectivity index (χ3v) is 7.20. The number of nitrogens with one attached hydrogen (secondary N) is 1. The molecule has 0 aliphatic carbocycles. The van der Waals surface area contributed by atoms with Crippen molar-refractivity contribution in [3.8, 4) is 5.75 Å². The molecule has 192 valence electrons. The van der Waals surface area contributed by atoms with Crippen LogP contribution < -0.4 is 14.4 Å². The number of rotatable bonds is 11. The lowest BCUT2D eigenvalue weighted by Gasteiger charge is -2.32. The molecule has 0 aliphatic heterocycles. The van der Waals surface area contributed by atoms with Crippen LogP contribution in [-0.4, -0.2) is 57.1 Å². The van der Waals surface area contributed by atoms with Gasteiger partial charge in [0, 0.05) is 17.6 Å². The number of sulfonamides is 1. The number of halogens is 2. The smallest absolute Gasteiger partial charge is 0.244 e. The Labute approximate surface area is 217 Å². The fourth-order valence-electron chi connectivity index (χ4n) is 3.25. The van der Waals surface area contributed by atoms with Crippen LogP contribution in [0, 0.1) is 0 Å². The van der Waals surface area contributed by atoms with Crippen LogP contribution in [0.25, 0.3) is 0 Å². The van der Waals surface area contributed by atoms with E-state index in [1.807, 2.05) is 13.8 Å². The average Bonchev–Trinajstić information content (AvgIpc) is 2.80. The van der Waals surface area contributed by atoms with Crippen LogP contribution in [0.2, 0.25) is 10.0 Å². The van der Waals surface area contributed by atoms with Crippen molar-refractivity contribution in [3.05, 3.63) is 58.1 Å². The van der Waals surface area contributed by atoms with Gasteiger partial charge in [-0.25, -0.2) is 8.42 Å². The number of anilines is 1. The molecule has 0 unspecified atom stereocenters. The minimum atomic E-state index is -3.89. The number of hydrogen-bond acceptors (Lipinski definition) is 5. The van der Waals surface area contributed by atoms with E-state index in [9.17, 15) is 18.0 Å². The molecule has 0 aliphatic rings. The third kappa shape index (κ3) is 8.02. The van der Waals surface area contributed by atoms with Gasteiger partial charge in [-0.3, -0.25) is 13.9 Å². The highest BCUT2D eigenvalue weighted by molar-refractivity contribution is 7.92. The normalized spacial score (nSPS) is 13.0. The number of benzene rings is 2. The van der Waals surface area contributed by atoms with Crippen LogP contribution in [0.3, 0.4) is 0 Å². The molecule has 0 radical (unpaired) electrons. The zero-order valence-electron chi connectivity index (χ0n) is 20.4. The maximum Gasteiger partial charge on any atom is 0.244 e. The lowest BCUT2D eigenvalue weighted by molar-refractivity contribution is -0.139. The molecule has 2 atom stereocenters. The largest absolute Gasteiger partial charge is 0.497 e. The monoisotopic (exact) mass is 543 g/mol. The van der Waals surface area contributed by atoms with Gasteiger partial charge in [0.1, 0.15) is 18.3 Å². The van der Waals surface area contributed by atoms with Crippen molar-refractivity contribution in [1.82, 2.24) is 10.2 Å². The molecule has 0 aromatic heterocycles. The van der Waals surface area contributed by atoms with E-state index in [4.69, 9.17) is 27.9 Å². The zero-order chi connectivity index (χ0) is 26.3. The molecular weight excluding hydrogens is 513 g/mol. The average molecular weight is 545 g/mol. The van der Waals surface area contributed by atoms with Crippen molar-refractivity contribution < 1.29 is 22.7 Å². The maximum atomic E-state index is 13.5. The van der Waals surface area contributed by atoms with E-state index in [0.717, 1.165) is 22.5 Å². The van der Waals surface area contributed by atoms with Crippen LogP contribution >= 0.6 is 23.2 Å². The lowest BCUT2D eigenvalue weighted by atomic mass is 10.1. The Bertz CT molecular complexity index is 1140. The summed E-state index contributed by atoms with van der Waals surface area (Å²) < 4.78 is 31.3. The summed E-state index contributed by atoms with van der Waals surface area (Å²) in [5.41, 5.74) is 0.866. The summed E-state index contributed by atoms with van der Waals surface area (Å²) >= 11 is 12.2. The predicted octanol–water partition coefficient (Wildman–Crippen LogP) is 4.10. The zero-order valence-corrected chi connectivity index (χ0v) is 22.7. The van der Waals surface area contributed by atoms with Crippen LogP contribution in [-0.2, 0) is 26.2 Å². The highest BCUT2D eigenvalue weighted by Gasteiger charge is 2.31. The molecule has 0 saturated carbocycles. The minimum Gasteiger partial charge on any atom is -0.497 e. The maximum absolute atomic E-state index is 13.5. The van der Waals surface area contributed by atoms with Gasteiger partial charge in [-0.15, -0.1) is 0 Å². The van der Waals surface area contributed by atoms with Crippen molar-refractivity contribution in [3.63, 3.8) is 0 Å². The fourth-order valence-corrected chi connectivity index (χ4v) is 4.68. The first-order chi connectivity index (χ1) is 16.4. The summed E-state index contributed by atoms with van der Waals surface area (Å²) in [5.74, 6) is -0.254. The van der Waals surface area contributed by atoms with Gasteiger partial charge in [0.05, 0.1) is 24.1 Å². The number of carbonyl (C=O) groups is 2. The number of amides is 2. The first-order valence-corrected chi connectivity index (χ1v) is 13.6. The molecule has 8 nitrogen and oxygen atoms in total. The van der Waals surface area contributed by atoms with Gasteiger partial charge in [-0.05, 0) is 56.2 Å². The quantitative estimate of drug-likeness (QED) is 0.460. The highest BCUT2D eigenvalue weighted by atomic mass is 35.5. The molecule has 0 heterocycles. The summed E-state index contributed by atoms with van der Waals surface area (Å²) in [5, 5.41) is 3.29. The van der Waals surface area contributed by atoms with Crippen LogP contribution in [0.1, 0.15) is 32.8 Å². The van der Waals surface area contributed by atoms with Crippen molar-refractivity contribution in [2.45, 2.75) is 45.8 Å². The number of ether oxygens (including phenoxy) is 1. The predicted molar refractivity (Wildman–Crippen MR) is 140 cm³/mol. The van der Waals surface area contributed by atoms with Crippen LogP contribution in [0.15, 0.2) is 42.5 Å². The van der Waals surface area contributed by atoms with E-state index in [1.54, 1.807) is 38.3 Å². The third-order valence-electron chi connectivity index (χ3n) is 5.54. The molecule has 0 fully saturated rings. The SMILES string of the molecule is CC[C@H](C)NC(=O)[C@@H](C)N(Cc1ccc(OC)cc1)C(=O)CN(c1ccc(Cl)cc1Cl)S(C)(=O)=O. The Kier molecular flexibility index (Phi) is 10.2. The summed E-state index contributed by atoms with van der Waals surface area (Å²) in [6.45, 7) is 4.96. The summed E-state index contributed by atoms with van der Waals surface area (Å²) in [7, 11) is -2.34. The topological polar surface area (TPSA) is 96.0 Å². The van der Waals surface area contributed by atoms with Crippen LogP contribution in [0.5, 0.6) is 5.75 Å². The second kappa shape index (κ2) is 12.5. The molecule has 2 aromatic carbocycles. The van der Waals surface area contributed by atoms with E-state index < -0.39 is 28.5 Å². The molecule has 2 rings (SSSR count). The van der Waals surface area contributed by atoms with Gasteiger partial charge >= 0.3 is 0 Å². The van der Waals surface area contributed by atoms with Gasteiger partial charge in [0.15, 0.2) is 0 Å². The Hall–Kier alpha value is -2.49. The Morgan fingerprint density at radius 2 is 1.71 bits per heavy atom. The lowest BCUT2D eigenvalue weighted by Crippen LogP contribution is -2.52. The van der Waals surface area contributed by atoms with Gasteiger partial charge < -0.3 is 15.0 Å². The van der Waals surface area contributed by atoms with Crippen molar-refractivity contribution in [2.75, 3.05) is 24.2 Å². The molecule has 2 amide bonds. The van der Waals surface area contributed by atoms with Crippen LogP contribution in [0.4, 0.5) is 5.69 Å². The second-order valence-corrected chi connectivity index (χ2v) is 11.0. The van der Waals surface area contributed by atoms with E-state index in [1.165, 1.54) is 23.1 Å². The summed E-state index contributed by atoms with van der Waals surface area (Å²) in [6.07, 6.45) is 1.71. The standard InChI is InChI=1S/C24H31Cl2N3O5S/c1-6-16(2)27-24(31)17(3)28(14-18-7-10-20(34-4)11-8-18)23(30)15-29(35(5,32)33)22-12-9-19(25)13-21(22)26/h7-13,16-17H,6,14-15H2,1-5H3,(H,27,31)/t16-,17+/m0/s1. The number of hydrogen-bond donors (Lipinski definition) is 1. The van der Waals surface area contributed by atoms with Gasteiger partial charge in [0.25, 0.3) is 0 Å². The molecule has 0 spiro atoms. The minimum absolute atomic E-state index is 0.0803. The Balaban J connectivity index is 2.41. The van der Waals surface area contributed by atoms with E-state index in [-0.39, 0.29) is 29.2 Å². The molecule has 0 saturated heterocycles.